The van der Waals surface area contributed by atoms with E-state index in [4.69, 9.17) is 0 Å². The summed E-state index contributed by atoms with van der Waals surface area (Å²) in [5.41, 5.74) is 28.5. The minimum absolute atomic E-state index is 0.506. The summed E-state index contributed by atoms with van der Waals surface area (Å²) in [7, 11) is 0. The van der Waals surface area contributed by atoms with E-state index >= 15 is 0 Å². The number of benzene rings is 12. The Hall–Kier alpha value is -9.76. The molecular weight excluding hydrogens is 917 g/mol. The minimum atomic E-state index is -0.628. The second kappa shape index (κ2) is 16.4. The summed E-state index contributed by atoms with van der Waals surface area (Å²) < 4.78 is 0. The molecule has 4 aliphatic rings. The molecule has 354 valence electrons. The topological polar surface area (TPSA) is 6.48 Å². The molecule has 0 radical (unpaired) electrons. The molecule has 2 heteroatoms. The van der Waals surface area contributed by atoms with Crippen LogP contribution in [-0.2, 0) is 10.8 Å². The molecule has 16 rings (SSSR count). The zero-order valence-electron chi connectivity index (χ0n) is 41.6. The van der Waals surface area contributed by atoms with Gasteiger partial charge in [-0.3, -0.25) is 0 Å². The predicted octanol–water partition coefficient (Wildman–Crippen LogP) is 19.0. The van der Waals surface area contributed by atoms with Crippen molar-refractivity contribution in [3.8, 4) is 55.6 Å². The van der Waals surface area contributed by atoms with Crippen LogP contribution in [0.5, 0.6) is 0 Å². The normalized spacial score (nSPS) is 14.0. The number of rotatable bonds is 6. The maximum atomic E-state index is 2.56. The van der Waals surface area contributed by atoms with Crippen LogP contribution in [0.2, 0.25) is 0 Å². The maximum Gasteiger partial charge on any atom is 0.0755 e. The fourth-order valence-corrected chi connectivity index (χ4v) is 14.1. The van der Waals surface area contributed by atoms with Crippen LogP contribution in [0.4, 0.5) is 34.1 Å². The van der Waals surface area contributed by atoms with Gasteiger partial charge in [0, 0.05) is 22.6 Å². The summed E-state index contributed by atoms with van der Waals surface area (Å²) in [4.78, 5) is 5.02. The highest BCUT2D eigenvalue weighted by atomic mass is 15.2. The molecule has 0 atom stereocenters. The number of hydrogen-bond donors (Lipinski definition) is 0. The standard InChI is InChI=1S/C74H48N2/c1-3-22-49(23-4-1)50-24-21-25-51(46-50)55-28-11-18-39-70(55)75(53-42-44-60-58-31-9-14-35-64(58)73(68(60)47-53)62-33-12-7-29-56(62)57-30-8-13-34-63(57)73)54-43-45-61-59-32-10-15-36-65(59)74(69(61)48-54)66-37-16-19-40-71(66)76(52-26-5-2-6-27-52)72-41-20-17-38-67(72)74/h1-48H. The van der Waals surface area contributed by atoms with Crippen molar-refractivity contribution >= 4 is 34.1 Å². The van der Waals surface area contributed by atoms with Crippen molar-refractivity contribution in [3.63, 3.8) is 0 Å². The van der Waals surface area contributed by atoms with Gasteiger partial charge in [0.15, 0.2) is 0 Å². The highest BCUT2D eigenvalue weighted by Crippen LogP contribution is 2.66. The number of anilines is 6. The van der Waals surface area contributed by atoms with Gasteiger partial charge in [0.05, 0.1) is 27.9 Å². The van der Waals surface area contributed by atoms with Gasteiger partial charge in [-0.25, -0.2) is 0 Å². The Morgan fingerprint density at radius 3 is 1.12 bits per heavy atom. The van der Waals surface area contributed by atoms with Crippen molar-refractivity contribution in [1.82, 2.24) is 0 Å². The van der Waals surface area contributed by atoms with E-state index in [1.54, 1.807) is 0 Å². The summed E-state index contributed by atoms with van der Waals surface area (Å²) >= 11 is 0. The fourth-order valence-electron chi connectivity index (χ4n) is 14.1. The molecule has 12 aromatic carbocycles. The number of para-hydroxylation sites is 4. The first-order valence-corrected chi connectivity index (χ1v) is 26.5. The van der Waals surface area contributed by atoms with Crippen LogP contribution < -0.4 is 9.80 Å². The SMILES string of the molecule is c1ccc(-c2cccc(-c3ccccc3N(c3ccc4c(c3)C3(c5ccccc5-c5ccccc53)c3ccccc3-4)c3ccc4c(c3)C3(c5ccccc5-4)c4ccccc4N(c4ccccc4)c4ccccc43)c2)cc1. The first kappa shape index (κ1) is 42.7. The van der Waals surface area contributed by atoms with E-state index in [-0.39, 0.29) is 0 Å². The smallest absolute Gasteiger partial charge is 0.0755 e. The zero-order valence-corrected chi connectivity index (χ0v) is 41.6. The molecule has 0 N–H and O–H groups in total. The lowest BCUT2D eigenvalue weighted by atomic mass is 9.64. The minimum Gasteiger partial charge on any atom is -0.310 e. The first-order valence-electron chi connectivity index (χ1n) is 26.5. The van der Waals surface area contributed by atoms with Gasteiger partial charge in [0.1, 0.15) is 0 Å². The maximum absolute atomic E-state index is 2.56. The molecule has 2 spiro atoms. The third-order valence-electron chi connectivity index (χ3n) is 17.1. The van der Waals surface area contributed by atoms with Crippen LogP contribution in [0, 0.1) is 0 Å². The molecule has 0 unspecified atom stereocenters. The molecule has 2 nitrogen and oxygen atoms in total. The van der Waals surface area contributed by atoms with E-state index in [9.17, 15) is 0 Å². The highest BCUT2D eigenvalue weighted by Gasteiger charge is 2.53. The molecule has 0 amide bonds. The van der Waals surface area contributed by atoms with Crippen molar-refractivity contribution in [3.05, 3.63) is 336 Å². The summed E-state index contributed by atoms with van der Waals surface area (Å²) in [5.74, 6) is 0. The lowest BCUT2D eigenvalue weighted by Crippen LogP contribution is -2.36. The van der Waals surface area contributed by atoms with Crippen LogP contribution >= 0.6 is 0 Å². The summed E-state index contributed by atoms with van der Waals surface area (Å²) in [5, 5.41) is 0. The van der Waals surface area contributed by atoms with E-state index in [0.29, 0.717) is 0 Å². The van der Waals surface area contributed by atoms with E-state index in [2.05, 4.69) is 301 Å². The van der Waals surface area contributed by atoms with Gasteiger partial charge in [-0.1, -0.05) is 231 Å². The van der Waals surface area contributed by atoms with Crippen LogP contribution in [0.15, 0.2) is 291 Å². The lowest BCUT2D eigenvalue weighted by molar-refractivity contribution is 0.752. The second-order valence-electron chi connectivity index (χ2n) is 20.6. The van der Waals surface area contributed by atoms with Crippen molar-refractivity contribution in [2.75, 3.05) is 9.80 Å². The molecule has 0 bridgehead atoms. The van der Waals surface area contributed by atoms with Gasteiger partial charge in [0.2, 0.25) is 0 Å². The van der Waals surface area contributed by atoms with Gasteiger partial charge in [0.25, 0.3) is 0 Å². The van der Waals surface area contributed by atoms with Crippen LogP contribution in [0.25, 0.3) is 55.6 Å². The van der Waals surface area contributed by atoms with Gasteiger partial charge in [-0.2, -0.15) is 0 Å². The Morgan fingerprint density at radius 1 is 0.237 bits per heavy atom. The summed E-state index contributed by atoms with van der Waals surface area (Å²) in [6.07, 6.45) is 0. The van der Waals surface area contributed by atoms with E-state index < -0.39 is 10.8 Å². The van der Waals surface area contributed by atoms with E-state index in [0.717, 1.165) is 33.9 Å². The molecule has 12 aromatic rings. The Bertz CT molecular complexity index is 4210. The monoisotopic (exact) mass is 964 g/mol. The van der Waals surface area contributed by atoms with Gasteiger partial charge in [-0.15, -0.1) is 0 Å². The van der Waals surface area contributed by atoms with Crippen molar-refractivity contribution in [2.24, 2.45) is 0 Å². The van der Waals surface area contributed by atoms with Crippen LogP contribution in [0.1, 0.15) is 44.5 Å². The average molecular weight is 965 g/mol. The third-order valence-corrected chi connectivity index (χ3v) is 17.1. The molecule has 0 saturated heterocycles. The predicted molar refractivity (Wildman–Crippen MR) is 314 cm³/mol. The first-order chi connectivity index (χ1) is 37.7. The quantitative estimate of drug-likeness (QED) is 0.164. The van der Waals surface area contributed by atoms with Gasteiger partial charge in [-0.05, 0) is 155 Å². The van der Waals surface area contributed by atoms with Crippen molar-refractivity contribution in [1.29, 1.82) is 0 Å². The Kier molecular flexibility index (Phi) is 9.20. The Balaban J connectivity index is 0.979. The van der Waals surface area contributed by atoms with E-state index in [1.165, 1.54) is 100 Å². The molecule has 0 fully saturated rings. The van der Waals surface area contributed by atoms with E-state index in [1.807, 2.05) is 0 Å². The van der Waals surface area contributed by atoms with Crippen molar-refractivity contribution in [2.45, 2.75) is 10.8 Å². The van der Waals surface area contributed by atoms with Crippen LogP contribution in [0.3, 0.4) is 0 Å². The average Bonchev–Trinajstić information content (AvgIpc) is 4.26. The lowest BCUT2D eigenvalue weighted by Gasteiger charge is -2.45. The molecule has 76 heavy (non-hydrogen) atoms. The van der Waals surface area contributed by atoms with Crippen molar-refractivity contribution < 1.29 is 0 Å². The Labute approximate surface area is 443 Å². The van der Waals surface area contributed by atoms with Gasteiger partial charge >= 0.3 is 0 Å². The number of hydrogen-bond acceptors (Lipinski definition) is 2. The van der Waals surface area contributed by atoms with Crippen LogP contribution in [-0.4, -0.2) is 0 Å². The number of fused-ring (bicyclic) bond motifs is 19. The molecular formula is C74H48N2. The second-order valence-corrected chi connectivity index (χ2v) is 20.6. The fraction of sp³-hybridized carbons (Fsp3) is 0.0270. The Morgan fingerprint density at radius 2 is 0.605 bits per heavy atom. The third kappa shape index (κ3) is 5.76. The molecule has 1 heterocycles. The number of nitrogens with zero attached hydrogens (tertiary/aromatic N) is 2. The largest absolute Gasteiger partial charge is 0.310 e. The highest BCUT2D eigenvalue weighted by molar-refractivity contribution is 6.00. The molecule has 0 saturated carbocycles. The summed E-state index contributed by atoms with van der Waals surface area (Å²) in [6, 6.07) is 109. The van der Waals surface area contributed by atoms with Gasteiger partial charge < -0.3 is 9.80 Å². The molecule has 1 aliphatic heterocycles. The molecule has 0 aromatic heterocycles. The summed E-state index contributed by atoms with van der Waals surface area (Å²) in [6.45, 7) is 0. The zero-order chi connectivity index (χ0) is 50.0. The molecule has 3 aliphatic carbocycles.